The molecule has 2 N–H and O–H groups in total. The molecule has 3 heterocycles. The summed E-state index contributed by atoms with van der Waals surface area (Å²) in [4.78, 5) is 26.5. The van der Waals surface area contributed by atoms with Gasteiger partial charge >= 0.3 is 11.7 Å². The normalized spacial score (nSPS) is 21.1. The molecule has 2 aromatic rings. The van der Waals surface area contributed by atoms with Crippen molar-refractivity contribution in [3.63, 3.8) is 0 Å². The number of benzene rings is 1. The Morgan fingerprint density at radius 2 is 2.11 bits per heavy atom. The third kappa shape index (κ3) is 4.20. The van der Waals surface area contributed by atoms with Gasteiger partial charge in [0.2, 0.25) is 0 Å². The number of hydrogen-bond donors (Lipinski definition) is 2. The molecule has 7 heteroatoms. The van der Waals surface area contributed by atoms with E-state index in [9.17, 15) is 9.59 Å². The standard InChI is InChI=1S/C21H27N3O4/c1-14-10-20(25)28-19-11-16(4-5-17(14)19)23-21(26)22-12-18(15-6-9-27-13-15)24-7-2-3-8-24/h4-5,10-11,15,18H,2-3,6-9,12-13H2,1H3,(H2,22,23,26)/t15-,18-/m0/s1. The Balaban J connectivity index is 1.40. The maximum atomic E-state index is 12.5. The van der Waals surface area contributed by atoms with Gasteiger partial charge in [0.15, 0.2) is 0 Å². The van der Waals surface area contributed by atoms with Crippen LogP contribution in [0.15, 0.2) is 33.5 Å². The summed E-state index contributed by atoms with van der Waals surface area (Å²) >= 11 is 0. The van der Waals surface area contributed by atoms with Gasteiger partial charge in [-0.25, -0.2) is 9.59 Å². The van der Waals surface area contributed by atoms with Crippen LogP contribution in [0.2, 0.25) is 0 Å². The van der Waals surface area contributed by atoms with Crippen LogP contribution in [0.3, 0.4) is 0 Å². The molecular formula is C21H27N3O4. The summed E-state index contributed by atoms with van der Waals surface area (Å²) in [5.74, 6) is 0.469. The molecule has 4 rings (SSSR count). The third-order valence-corrected chi connectivity index (χ3v) is 5.80. The quantitative estimate of drug-likeness (QED) is 0.773. The minimum Gasteiger partial charge on any atom is -0.423 e. The van der Waals surface area contributed by atoms with Gasteiger partial charge in [0, 0.05) is 48.3 Å². The molecule has 2 amide bonds. The van der Waals surface area contributed by atoms with Crippen LogP contribution in [0.5, 0.6) is 0 Å². The van der Waals surface area contributed by atoms with E-state index in [1.165, 1.54) is 18.9 Å². The molecule has 0 bridgehead atoms. The first-order valence-electron chi connectivity index (χ1n) is 10.0. The highest BCUT2D eigenvalue weighted by Crippen LogP contribution is 2.24. The van der Waals surface area contributed by atoms with E-state index < -0.39 is 0 Å². The molecule has 1 aromatic carbocycles. The van der Waals surface area contributed by atoms with Crippen LogP contribution >= 0.6 is 0 Å². The van der Waals surface area contributed by atoms with Crippen LogP contribution in [0.4, 0.5) is 10.5 Å². The fourth-order valence-electron chi connectivity index (χ4n) is 4.30. The molecule has 28 heavy (non-hydrogen) atoms. The van der Waals surface area contributed by atoms with Crippen molar-refractivity contribution >= 4 is 22.7 Å². The van der Waals surface area contributed by atoms with Crippen LogP contribution in [-0.2, 0) is 4.74 Å². The maximum Gasteiger partial charge on any atom is 0.336 e. The topological polar surface area (TPSA) is 83.8 Å². The van der Waals surface area contributed by atoms with Crippen molar-refractivity contribution in [1.82, 2.24) is 10.2 Å². The van der Waals surface area contributed by atoms with Gasteiger partial charge in [0.1, 0.15) is 5.58 Å². The molecule has 2 fully saturated rings. The van der Waals surface area contributed by atoms with Crippen molar-refractivity contribution in [3.8, 4) is 0 Å². The molecule has 0 saturated carbocycles. The van der Waals surface area contributed by atoms with Crippen LogP contribution in [0, 0.1) is 12.8 Å². The average Bonchev–Trinajstić information content (AvgIpc) is 3.36. The number of fused-ring (bicyclic) bond motifs is 1. The predicted octanol–water partition coefficient (Wildman–Crippen LogP) is 2.72. The molecule has 150 valence electrons. The van der Waals surface area contributed by atoms with Crippen molar-refractivity contribution in [2.24, 2.45) is 5.92 Å². The summed E-state index contributed by atoms with van der Waals surface area (Å²) in [5, 5.41) is 6.73. The lowest BCUT2D eigenvalue weighted by atomic mass is 9.97. The molecule has 2 atom stereocenters. The van der Waals surface area contributed by atoms with Crippen molar-refractivity contribution in [2.75, 3.05) is 38.2 Å². The second kappa shape index (κ2) is 8.32. The fourth-order valence-corrected chi connectivity index (χ4v) is 4.30. The van der Waals surface area contributed by atoms with Gasteiger partial charge in [-0.05, 0) is 57.0 Å². The molecule has 2 aliphatic heterocycles. The van der Waals surface area contributed by atoms with E-state index in [1.807, 2.05) is 19.1 Å². The molecule has 0 spiro atoms. The molecule has 0 radical (unpaired) electrons. The first kappa shape index (κ1) is 19.0. The Bertz CT molecular complexity index is 882. The Labute approximate surface area is 164 Å². The number of likely N-dealkylation sites (tertiary alicyclic amines) is 1. The molecular weight excluding hydrogens is 358 g/mol. The lowest BCUT2D eigenvalue weighted by Crippen LogP contribution is -2.48. The number of ether oxygens (including phenoxy) is 1. The van der Waals surface area contributed by atoms with Crippen molar-refractivity contribution in [2.45, 2.75) is 32.2 Å². The highest BCUT2D eigenvalue weighted by Gasteiger charge is 2.32. The number of rotatable bonds is 5. The Morgan fingerprint density at radius 1 is 1.29 bits per heavy atom. The molecule has 0 unspecified atom stereocenters. The summed E-state index contributed by atoms with van der Waals surface area (Å²) in [7, 11) is 0. The average molecular weight is 385 g/mol. The fraction of sp³-hybridized carbons (Fsp3) is 0.524. The van der Waals surface area contributed by atoms with Crippen LogP contribution in [0.25, 0.3) is 11.0 Å². The zero-order chi connectivity index (χ0) is 19.5. The van der Waals surface area contributed by atoms with Gasteiger partial charge in [0.05, 0.1) is 6.61 Å². The number of carbonyl (C=O) groups is 1. The first-order valence-corrected chi connectivity index (χ1v) is 10.0. The second-order valence-corrected chi connectivity index (χ2v) is 7.73. The van der Waals surface area contributed by atoms with Gasteiger partial charge in [-0.3, -0.25) is 4.90 Å². The van der Waals surface area contributed by atoms with Gasteiger partial charge in [-0.15, -0.1) is 0 Å². The number of anilines is 1. The Morgan fingerprint density at radius 3 is 2.86 bits per heavy atom. The summed E-state index contributed by atoms with van der Waals surface area (Å²) in [6, 6.07) is 6.88. The Kier molecular flexibility index (Phi) is 5.64. The van der Waals surface area contributed by atoms with Gasteiger partial charge in [-0.1, -0.05) is 0 Å². The highest BCUT2D eigenvalue weighted by atomic mass is 16.5. The van der Waals surface area contributed by atoms with Gasteiger partial charge < -0.3 is 19.8 Å². The highest BCUT2D eigenvalue weighted by molar-refractivity contribution is 5.92. The lowest BCUT2D eigenvalue weighted by molar-refractivity contribution is 0.135. The summed E-state index contributed by atoms with van der Waals surface area (Å²) < 4.78 is 10.8. The van der Waals surface area contributed by atoms with E-state index in [0.717, 1.165) is 43.7 Å². The number of aryl methyl sites for hydroxylation is 1. The molecule has 2 saturated heterocycles. The van der Waals surface area contributed by atoms with Crippen molar-refractivity contribution in [3.05, 3.63) is 40.2 Å². The molecule has 7 nitrogen and oxygen atoms in total. The van der Waals surface area contributed by atoms with E-state index >= 15 is 0 Å². The van der Waals surface area contributed by atoms with Crippen molar-refractivity contribution < 1.29 is 13.9 Å². The summed E-state index contributed by atoms with van der Waals surface area (Å²) in [6.45, 7) is 6.23. The van der Waals surface area contributed by atoms with Crippen molar-refractivity contribution in [1.29, 1.82) is 0 Å². The van der Waals surface area contributed by atoms with E-state index in [4.69, 9.17) is 9.15 Å². The number of nitrogens with one attached hydrogen (secondary N) is 2. The van der Waals surface area contributed by atoms with E-state index in [-0.39, 0.29) is 11.7 Å². The minimum atomic E-state index is -0.390. The molecule has 1 aromatic heterocycles. The minimum absolute atomic E-state index is 0.252. The summed E-state index contributed by atoms with van der Waals surface area (Å²) in [6.07, 6.45) is 3.49. The first-order chi connectivity index (χ1) is 13.6. The number of amides is 2. The number of hydrogen-bond acceptors (Lipinski definition) is 5. The number of nitrogens with zero attached hydrogens (tertiary/aromatic N) is 1. The third-order valence-electron chi connectivity index (χ3n) is 5.80. The zero-order valence-electron chi connectivity index (χ0n) is 16.2. The molecule has 2 aliphatic rings. The lowest BCUT2D eigenvalue weighted by Gasteiger charge is -2.31. The predicted molar refractivity (Wildman–Crippen MR) is 108 cm³/mol. The largest absolute Gasteiger partial charge is 0.423 e. The second-order valence-electron chi connectivity index (χ2n) is 7.73. The maximum absolute atomic E-state index is 12.5. The SMILES string of the molecule is Cc1cc(=O)oc2cc(NC(=O)NC[C@@H]([C@H]3CCOC3)N3CCCC3)ccc12. The van der Waals surface area contributed by atoms with Crippen LogP contribution in [0.1, 0.15) is 24.8 Å². The number of urea groups is 1. The Hall–Kier alpha value is -2.38. The molecule has 0 aliphatic carbocycles. The zero-order valence-corrected chi connectivity index (χ0v) is 16.2. The monoisotopic (exact) mass is 385 g/mol. The van der Waals surface area contributed by atoms with E-state index in [2.05, 4.69) is 15.5 Å². The number of carbonyl (C=O) groups excluding carboxylic acids is 1. The van der Waals surface area contributed by atoms with E-state index in [1.54, 1.807) is 6.07 Å². The van der Waals surface area contributed by atoms with E-state index in [0.29, 0.717) is 29.8 Å². The smallest absolute Gasteiger partial charge is 0.336 e. The summed E-state index contributed by atoms with van der Waals surface area (Å²) in [5.41, 5.74) is 1.54. The van der Waals surface area contributed by atoms with Gasteiger partial charge in [-0.2, -0.15) is 0 Å². The van der Waals surface area contributed by atoms with Crippen LogP contribution < -0.4 is 16.3 Å². The van der Waals surface area contributed by atoms with Crippen LogP contribution in [-0.4, -0.2) is 49.8 Å². The van der Waals surface area contributed by atoms with Gasteiger partial charge in [0.25, 0.3) is 0 Å².